The van der Waals surface area contributed by atoms with Crippen LogP contribution in [0.3, 0.4) is 0 Å². The molecule has 0 spiro atoms. The molecule has 0 saturated carbocycles. The maximum atomic E-state index is 12.9. The van der Waals surface area contributed by atoms with E-state index in [0.717, 1.165) is 14.9 Å². The van der Waals surface area contributed by atoms with E-state index in [4.69, 9.17) is 0 Å². The topological polar surface area (TPSA) is 78.5 Å². The number of amides is 4. The smallest absolute Gasteiger partial charge is 0.324 e. The molecule has 7 heteroatoms. The van der Waals surface area contributed by atoms with Crippen LogP contribution in [0.5, 0.6) is 0 Å². The molecule has 1 fully saturated rings. The summed E-state index contributed by atoms with van der Waals surface area (Å²) in [6, 6.07) is 13.9. The number of anilines is 1. The number of hydrogen-bond donors (Lipinski definition) is 2. The predicted octanol–water partition coefficient (Wildman–Crippen LogP) is 3.16. The van der Waals surface area contributed by atoms with Gasteiger partial charge in [-0.15, -0.1) is 0 Å². The van der Waals surface area contributed by atoms with E-state index in [0.29, 0.717) is 11.3 Å². The molecule has 4 amide bonds. The average Bonchev–Trinajstić information content (AvgIpc) is 2.81. The molecular weight excluding hydrogens is 398 g/mol. The van der Waals surface area contributed by atoms with E-state index < -0.39 is 23.4 Å². The number of hydrogen-bond acceptors (Lipinski definition) is 3. The molecule has 6 nitrogen and oxygen atoms in total. The molecule has 0 aliphatic carbocycles. The average molecular weight is 416 g/mol. The van der Waals surface area contributed by atoms with E-state index >= 15 is 0 Å². The van der Waals surface area contributed by atoms with E-state index in [1.54, 1.807) is 31.2 Å². The van der Waals surface area contributed by atoms with E-state index in [-0.39, 0.29) is 6.54 Å². The quantitative estimate of drug-likeness (QED) is 0.752. The normalized spacial score (nSPS) is 19.4. The van der Waals surface area contributed by atoms with E-state index in [9.17, 15) is 14.4 Å². The fourth-order valence-corrected chi connectivity index (χ4v) is 3.44. The van der Waals surface area contributed by atoms with Crippen LogP contribution in [0.2, 0.25) is 0 Å². The summed E-state index contributed by atoms with van der Waals surface area (Å²) >= 11 is 3.34. The van der Waals surface area contributed by atoms with Crippen molar-refractivity contribution < 1.29 is 14.4 Å². The lowest BCUT2D eigenvalue weighted by molar-refractivity contribution is -0.133. The highest BCUT2D eigenvalue weighted by Gasteiger charge is 2.49. The minimum Gasteiger partial charge on any atom is -0.324 e. The van der Waals surface area contributed by atoms with Gasteiger partial charge in [-0.05, 0) is 53.0 Å². The zero-order valence-corrected chi connectivity index (χ0v) is 16.0. The van der Waals surface area contributed by atoms with Gasteiger partial charge in [0.1, 0.15) is 12.1 Å². The number of para-hydroxylation sites is 1. The Hall–Kier alpha value is -2.67. The predicted molar refractivity (Wildman–Crippen MR) is 102 cm³/mol. The van der Waals surface area contributed by atoms with Crippen LogP contribution in [-0.2, 0) is 15.1 Å². The summed E-state index contributed by atoms with van der Waals surface area (Å²) < 4.78 is 0.718. The first-order valence-corrected chi connectivity index (χ1v) is 8.87. The molecule has 1 heterocycles. The van der Waals surface area contributed by atoms with Gasteiger partial charge in [0.2, 0.25) is 5.91 Å². The third-order valence-corrected chi connectivity index (χ3v) is 5.10. The summed E-state index contributed by atoms with van der Waals surface area (Å²) in [5.41, 5.74) is 0.997. The maximum absolute atomic E-state index is 12.9. The minimum atomic E-state index is -1.18. The second-order valence-corrected chi connectivity index (χ2v) is 7.14. The Kier molecular flexibility index (Phi) is 4.82. The van der Waals surface area contributed by atoms with Crippen LogP contribution >= 0.6 is 15.9 Å². The summed E-state index contributed by atoms with van der Waals surface area (Å²) in [4.78, 5) is 38.5. The number of nitrogens with one attached hydrogen (secondary N) is 2. The highest BCUT2D eigenvalue weighted by Crippen LogP contribution is 2.31. The number of carbonyl (C=O) groups is 3. The number of carbonyl (C=O) groups excluding carboxylic acids is 3. The van der Waals surface area contributed by atoms with Gasteiger partial charge in [-0.2, -0.15) is 0 Å². The number of rotatable bonds is 4. The van der Waals surface area contributed by atoms with E-state index in [1.165, 1.54) is 0 Å². The number of benzene rings is 2. The lowest BCUT2D eigenvalue weighted by atomic mass is 9.88. The molecule has 1 aliphatic rings. The first-order valence-electron chi connectivity index (χ1n) is 8.07. The number of nitrogens with zero attached hydrogens (tertiary/aromatic N) is 1. The third-order valence-electron chi connectivity index (χ3n) is 4.41. The molecule has 134 valence electrons. The highest BCUT2D eigenvalue weighted by molar-refractivity contribution is 9.10. The number of aryl methyl sites for hydroxylation is 1. The van der Waals surface area contributed by atoms with Crippen LogP contribution in [0, 0.1) is 6.92 Å². The van der Waals surface area contributed by atoms with Gasteiger partial charge >= 0.3 is 6.03 Å². The fourth-order valence-electron chi connectivity index (χ4n) is 3.05. The van der Waals surface area contributed by atoms with Crippen molar-refractivity contribution in [3.8, 4) is 0 Å². The van der Waals surface area contributed by atoms with Crippen LogP contribution in [0.1, 0.15) is 18.1 Å². The molecule has 0 bridgehead atoms. The summed E-state index contributed by atoms with van der Waals surface area (Å²) in [5, 5.41) is 5.41. The fraction of sp³-hybridized carbons (Fsp3) is 0.211. The first kappa shape index (κ1) is 18.1. The Labute approximate surface area is 159 Å². The maximum Gasteiger partial charge on any atom is 0.325 e. The molecular formula is C19H18BrN3O3. The van der Waals surface area contributed by atoms with Gasteiger partial charge in [0.15, 0.2) is 0 Å². The number of halogens is 1. The van der Waals surface area contributed by atoms with Crippen LogP contribution in [0.4, 0.5) is 10.5 Å². The van der Waals surface area contributed by atoms with Gasteiger partial charge in [0.05, 0.1) is 5.69 Å². The molecule has 26 heavy (non-hydrogen) atoms. The summed E-state index contributed by atoms with van der Waals surface area (Å²) in [6.45, 7) is 3.18. The molecule has 2 aromatic rings. The summed E-state index contributed by atoms with van der Waals surface area (Å²) in [7, 11) is 0. The van der Waals surface area contributed by atoms with E-state index in [1.807, 2.05) is 31.2 Å². The van der Waals surface area contributed by atoms with Crippen molar-refractivity contribution in [1.82, 2.24) is 10.2 Å². The van der Waals surface area contributed by atoms with Crippen molar-refractivity contribution in [2.75, 3.05) is 11.9 Å². The SMILES string of the molecule is Cc1ccccc1C1(C)NC(=O)N(CC(=O)Nc2ccccc2Br)C1=O. The Morgan fingerprint density at radius 1 is 1.15 bits per heavy atom. The molecule has 1 unspecified atom stereocenters. The second kappa shape index (κ2) is 6.92. The largest absolute Gasteiger partial charge is 0.325 e. The van der Waals surface area contributed by atoms with Gasteiger partial charge in [0, 0.05) is 4.47 Å². The zero-order valence-electron chi connectivity index (χ0n) is 14.4. The standard InChI is InChI=1S/C19H18BrN3O3/c1-12-7-3-4-8-13(12)19(2)17(25)23(18(26)22-19)11-16(24)21-15-10-6-5-9-14(15)20/h3-10H,11H2,1-2H3,(H,21,24)(H,22,26). The highest BCUT2D eigenvalue weighted by atomic mass is 79.9. The Balaban J connectivity index is 1.78. The molecule has 1 saturated heterocycles. The van der Waals surface area contributed by atoms with Crippen molar-refractivity contribution >= 4 is 39.5 Å². The Morgan fingerprint density at radius 2 is 1.81 bits per heavy atom. The number of imide groups is 1. The molecule has 2 aromatic carbocycles. The lowest BCUT2D eigenvalue weighted by Crippen LogP contribution is -2.42. The van der Waals surface area contributed by atoms with Gasteiger partial charge in [0.25, 0.3) is 5.91 Å². The molecule has 1 atom stereocenters. The lowest BCUT2D eigenvalue weighted by Gasteiger charge is -2.24. The van der Waals surface area contributed by atoms with Crippen molar-refractivity contribution in [2.24, 2.45) is 0 Å². The molecule has 0 aromatic heterocycles. The first-order chi connectivity index (χ1) is 12.3. The van der Waals surface area contributed by atoms with Crippen LogP contribution in [0.15, 0.2) is 53.0 Å². The summed E-state index contributed by atoms with van der Waals surface area (Å²) in [5.74, 6) is -0.895. The Bertz CT molecular complexity index is 899. The van der Waals surface area contributed by atoms with Crippen LogP contribution in [0.25, 0.3) is 0 Å². The van der Waals surface area contributed by atoms with Crippen molar-refractivity contribution in [2.45, 2.75) is 19.4 Å². The van der Waals surface area contributed by atoms with Crippen molar-refractivity contribution in [1.29, 1.82) is 0 Å². The summed E-state index contributed by atoms with van der Waals surface area (Å²) in [6.07, 6.45) is 0. The monoisotopic (exact) mass is 415 g/mol. The molecule has 1 aliphatic heterocycles. The van der Waals surface area contributed by atoms with Gasteiger partial charge < -0.3 is 10.6 Å². The third kappa shape index (κ3) is 3.22. The molecule has 2 N–H and O–H groups in total. The van der Waals surface area contributed by atoms with Crippen LogP contribution in [-0.4, -0.2) is 29.3 Å². The zero-order chi connectivity index (χ0) is 18.9. The van der Waals surface area contributed by atoms with Gasteiger partial charge in [-0.3, -0.25) is 14.5 Å². The van der Waals surface area contributed by atoms with Crippen molar-refractivity contribution in [3.05, 3.63) is 64.1 Å². The van der Waals surface area contributed by atoms with Crippen molar-refractivity contribution in [3.63, 3.8) is 0 Å². The Morgan fingerprint density at radius 3 is 2.50 bits per heavy atom. The van der Waals surface area contributed by atoms with Crippen LogP contribution < -0.4 is 10.6 Å². The molecule has 3 rings (SSSR count). The van der Waals surface area contributed by atoms with Gasteiger partial charge in [-0.25, -0.2) is 4.79 Å². The molecule has 0 radical (unpaired) electrons. The number of urea groups is 1. The second-order valence-electron chi connectivity index (χ2n) is 6.29. The minimum absolute atomic E-state index is 0.354. The van der Waals surface area contributed by atoms with Gasteiger partial charge in [-0.1, -0.05) is 36.4 Å². The van der Waals surface area contributed by atoms with E-state index in [2.05, 4.69) is 26.6 Å².